The maximum Gasteiger partial charge on any atom is 0.417 e. The van der Waals surface area contributed by atoms with Crippen molar-refractivity contribution in [1.82, 2.24) is 9.29 Å². The molecule has 2 rings (SSSR count). The number of morpholine rings is 1. The van der Waals surface area contributed by atoms with Gasteiger partial charge in [-0.3, -0.25) is 0 Å². The first kappa shape index (κ1) is 20.2. The molecule has 1 aliphatic rings. The van der Waals surface area contributed by atoms with Crippen molar-refractivity contribution in [2.75, 3.05) is 30.7 Å². The summed E-state index contributed by atoms with van der Waals surface area (Å²) in [6.07, 6.45) is -4.29. The minimum atomic E-state index is -4.54. The number of nitrogens with zero attached hydrogens (tertiary/aromatic N) is 2. The molecule has 1 aromatic rings. The molecule has 0 amide bonds. The molecule has 1 saturated heterocycles. The van der Waals surface area contributed by atoms with Gasteiger partial charge in [-0.2, -0.15) is 17.5 Å². The van der Waals surface area contributed by atoms with Gasteiger partial charge in [-0.15, -0.1) is 0 Å². The SMILES string of the molecule is C[C@H]1CN(S(=O)(=O)CCNc2ncc(C(F)(F)F)cc2Cl)C[C@H](C)O1. The van der Waals surface area contributed by atoms with Crippen LogP contribution in [0.5, 0.6) is 0 Å². The molecule has 11 heteroatoms. The van der Waals surface area contributed by atoms with E-state index in [9.17, 15) is 21.6 Å². The Balaban J connectivity index is 1.96. The van der Waals surface area contributed by atoms with E-state index >= 15 is 0 Å². The first-order valence-corrected chi connectivity index (χ1v) is 9.57. The van der Waals surface area contributed by atoms with Crippen LogP contribution in [0.3, 0.4) is 0 Å². The van der Waals surface area contributed by atoms with Crippen LogP contribution < -0.4 is 5.32 Å². The number of halogens is 4. The van der Waals surface area contributed by atoms with Crippen molar-refractivity contribution in [1.29, 1.82) is 0 Å². The molecule has 25 heavy (non-hydrogen) atoms. The van der Waals surface area contributed by atoms with Gasteiger partial charge in [0.25, 0.3) is 0 Å². The number of sulfonamides is 1. The lowest BCUT2D eigenvalue weighted by molar-refractivity contribution is -0.137. The predicted octanol–water partition coefficient (Wildman–Crippen LogP) is 2.60. The number of aromatic nitrogens is 1. The summed E-state index contributed by atoms with van der Waals surface area (Å²) in [6.45, 7) is 4.10. The average molecular weight is 402 g/mol. The minimum absolute atomic E-state index is 0.00794. The van der Waals surface area contributed by atoms with Crippen LogP contribution >= 0.6 is 11.6 Å². The largest absolute Gasteiger partial charge is 0.417 e. The van der Waals surface area contributed by atoms with Crippen molar-refractivity contribution in [3.63, 3.8) is 0 Å². The van der Waals surface area contributed by atoms with Crippen molar-refractivity contribution in [3.05, 3.63) is 22.8 Å². The highest BCUT2D eigenvalue weighted by Crippen LogP contribution is 2.32. The molecule has 1 N–H and O–H groups in total. The first-order valence-electron chi connectivity index (χ1n) is 7.59. The molecule has 0 radical (unpaired) electrons. The molecular formula is C14H19ClF3N3O3S. The molecule has 1 fully saturated rings. The molecule has 0 aromatic carbocycles. The topological polar surface area (TPSA) is 71.5 Å². The molecule has 0 aliphatic carbocycles. The number of anilines is 1. The number of pyridine rings is 1. The number of ether oxygens (including phenoxy) is 1. The second kappa shape index (κ2) is 7.65. The molecule has 0 bridgehead atoms. The Morgan fingerprint density at radius 2 is 1.96 bits per heavy atom. The number of hydrogen-bond acceptors (Lipinski definition) is 5. The lowest BCUT2D eigenvalue weighted by Crippen LogP contribution is -2.49. The summed E-state index contributed by atoms with van der Waals surface area (Å²) < 4.78 is 69.3. The van der Waals surface area contributed by atoms with E-state index in [2.05, 4.69) is 10.3 Å². The fourth-order valence-electron chi connectivity index (χ4n) is 2.51. The Hall–Kier alpha value is -1.10. The van der Waals surface area contributed by atoms with E-state index in [0.717, 1.165) is 6.07 Å². The van der Waals surface area contributed by atoms with Crippen LogP contribution in [0.25, 0.3) is 0 Å². The van der Waals surface area contributed by atoms with Crippen LogP contribution in [-0.2, 0) is 20.9 Å². The molecule has 2 atom stereocenters. The van der Waals surface area contributed by atoms with Crippen LogP contribution in [-0.4, -0.2) is 55.3 Å². The van der Waals surface area contributed by atoms with E-state index in [-0.39, 0.29) is 48.4 Å². The van der Waals surface area contributed by atoms with Gasteiger partial charge in [0.05, 0.1) is 28.5 Å². The standard InChI is InChI=1S/C14H19ClF3N3O3S/c1-9-7-21(8-10(2)24-9)25(22,23)4-3-19-13-12(15)5-11(6-20-13)14(16,17)18/h5-6,9-10H,3-4,7-8H2,1-2H3,(H,19,20)/t9-,10-/m0/s1. The van der Waals surface area contributed by atoms with Gasteiger partial charge in [-0.05, 0) is 19.9 Å². The van der Waals surface area contributed by atoms with E-state index in [1.807, 2.05) is 0 Å². The number of hydrogen-bond donors (Lipinski definition) is 1. The summed E-state index contributed by atoms with van der Waals surface area (Å²) in [5.74, 6) is -0.223. The van der Waals surface area contributed by atoms with Crippen molar-refractivity contribution >= 4 is 27.4 Å². The monoisotopic (exact) mass is 401 g/mol. The lowest BCUT2D eigenvalue weighted by atomic mass is 10.3. The molecule has 0 spiro atoms. The zero-order chi connectivity index (χ0) is 18.8. The summed E-state index contributed by atoms with van der Waals surface area (Å²) in [5.41, 5.74) is -0.966. The van der Waals surface area contributed by atoms with E-state index in [4.69, 9.17) is 16.3 Å². The zero-order valence-electron chi connectivity index (χ0n) is 13.7. The summed E-state index contributed by atoms with van der Waals surface area (Å²) in [6, 6.07) is 0.747. The van der Waals surface area contributed by atoms with Gasteiger partial charge in [0.1, 0.15) is 5.82 Å². The Bertz CT molecular complexity index is 705. The van der Waals surface area contributed by atoms with Crippen molar-refractivity contribution in [2.24, 2.45) is 0 Å². The van der Waals surface area contributed by atoms with E-state index in [1.54, 1.807) is 13.8 Å². The smallest absolute Gasteiger partial charge is 0.373 e. The maximum atomic E-state index is 12.6. The van der Waals surface area contributed by atoms with Gasteiger partial charge < -0.3 is 10.1 Å². The van der Waals surface area contributed by atoms with Gasteiger partial charge in [0.2, 0.25) is 10.0 Å². The molecule has 6 nitrogen and oxygen atoms in total. The van der Waals surface area contributed by atoms with Gasteiger partial charge in [-0.1, -0.05) is 11.6 Å². The normalized spacial score (nSPS) is 22.8. The fraction of sp³-hybridized carbons (Fsp3) is 0.643. The summed E-state index contributed by atoms with van der Waals surface area (Å²) in [7, 11) is -3.52. The highest BCUT2D eigenvalue weighted by molar-refractivity contribution is 7.89. The Morgan fingerprint density at radius 3 is 2.48 bits per heavy atom. The van der Waals surface area contributed by atoms with Crippen molar-refractivity contribution in [3.8, 4) is 0 Å². The molecule has 0 unspecified atom stereocenters. The van der Waals surface area contributed by atoms with Crippen molar-refractivity contribution in [2.45, 2.75) is 32.2 Å². The summed E-state index contributed by atoms with van der Waals surface area (Å²) >= 11 is 5.77. The average Bonchev–Trinajstić information content (AvgIpc) is 2.46. The molecule has 142 valence electrons. The first-order chi connectivity index (χ1) is 11.5. The second-order valence-electron chi connectivity index (χ2n) is 5.87. The van der Waals surface area contributed by atoms with E-state index < -0.39 is 21.8 Å². The Labute approximate surface area is 149 Å². The van der Waals surface area contributed by atoms with Crippen LogP contribution in [0.15, 0.2) is 12.3 Å². The third-order valence-corrected chi connectivity index (χ3v) is 5.69. The Kier molecular flexibility index (Phi) is 6.18. The zero-order valence-corrected chi connectivity index (χ0v) is 15.2. The van der Waals surface area contributed by atoms with Crippen LogP contribution in [0.2, 0.25) is 5.02 Å². The Morgan fingerprint density at radius 1 is 1.36 bits per heavy atom. The number of rotatable bonds is 5. The highest BCUT2D eigenvalue weighted by atomic mass is 35.5. The number of alkyl halides is 3. The van der Waals surface area contributed by atoms with Crippen molar-refractivity contribution < 1.29 is 26.3 Å². The quantitative estimate of drug-likeness (QED) is 0.821. The van der Waals surface area contributed by atoms with E-state index in [1.165, 1.54) is 4.31 Å². The summed E-state index contributed by atoms with van der Waals surface area (Å²) in [5, 5.41) is 2.44. The molecule has 1 aliphatic heterocycles. The van der Waals surface area contributed by atoms with Crippen LogP contribution in [0, 0.1) is 0 Å². The number of nitrogens with one attached hydrogen (secondary N) is 1. The van der Waals surface area contributed by atoms with Crippen LogP contribution in [0.4, 0.5) is 19.0 Å². The van der Waals surface area contributed by atoms with Gasteiger partial charge in [0, 0.05) is 25.8 Å². The lowest BCUT2D eigenvalue weighted by Gasteiger charge is -2.34. The van der Waals surface area contributed by atoms with Gasteiger partial charge in [0.15, 0.2) is 0 Å². The third-order valence-electron chi connectivity index (χ3n) is 3.60. The molecular weight excluding hydrogens is 383 g/mol. The maximum absolute atomic E-state index is 12.6. The highest BCUT2D eigenvalue weighted by Gasteiger charge is 2.32. The third kappa shape index (κ3) is 5.44. The molecule has 2 heterocycles. The molecule has 0 saturated carbocycles. The fourth-order valence-corrected chi connectivity index (χ4v) is 4.23. The van der Waals surface area contributed by atoms with Gasteiger partial charge >= 0.3 is 6.18 Å². The van der Waals surface area contributed by atoms with E-state index in [0.29, 0.717) is 6.20 Å². The van der Waals surface area contributed by atoms with Gasteiger partial charge in [-0.25, -0.2) is 13.4 Å². The minimum Gasteiger partial charge on any atom is -0.373 e. The van der Waals surface area contributed by atoms with Crippen LogP contribution in [0.1, 0.15) is 19.4 Å². The predicted molar refractivity (Wildman–Crippen MR) is 88.1 cm³/mol. The molecule has 1 aromatic heterocycles. The summed E-state index contributed by atoms with van der Waals surface area (Å²) in [4.78, 5) is 3.61. The second-order valence-corrected chi connectivity index (χ2v) is 8.36.